The van der Waals surface area contributed by atoms with Crippen LogP contribution in [-0.2, 0) is 5.67 Å². The van der Waals surface area contributed by atoms with Crippen LogP contribution in [0.1, 0.15) is 31.2 Å². The maximum atomic E-state index is 15.0. The van der Waals surface area contributed by atoms with Gasteiger partial charge in [-0.15, -0.1) is 0 Å². The summed E-state index contributed by atoms with van der Waals surface area (Å²) in [6, 6.07) is 18.0. The van der Waals surface area contributed by atoms with Crippen LogP contribution in [0.5, 0.6) is 0 Å². The number of alkyl halides is 1. The average molecular weight is 269 g/mol. The predicted molar refractivity (Wildman–Crippen MR) is 81.1 cm³/mol. The lowest BCUT2D eigenvalue weighted by molar-refractivity contribution is 0.0948. The largest absolute Gasteiger partial charge is 0.328 e. The van der Waals surface area contributed by atoms with E-state index >= 15 is 4.39 Å². The summed E-state index contributed by atoms with van der Waals surface area (Å²) in [7, 11) is 0. The van der Waals surface area contributed by atoms with E-state index in [0.717, 1.165) is 29.5 Å². The maximum Gasteiger partial charge on any atom is 0.137 e. The molecule has 3 rings (SSSR count). The molecule has 1 aliphatic carbocycles. The van der Waals surface area contributed by atoms with E-state index in [0.29, 0.717) is 12.8 Å². The van der Waals surface area contributed by atoms with E-state index in [2.05, 4.69) is 12.1 Å². The molecule has 0 heterocycles. The summed E-state index contributed by atoms with van der Waals surface area (Å²) in [6.45, 7) is 0. The summed E-state index contributed by atoms with van der Waals surface area (Å²) >= 11 is 0. The SMILES string of the molecule is NC1CCCC(F)(c2ccc(-c3ccccc3)cc2)C1. The summed E-state index contributed by atoms with van der Waals surface area (Å²) in [5, 5.41) is 0. The molecule has 0 saturated heterocycles. The fourth-order valence-electron chi connectivity index (χ4n) is 3.12. The van der Waals surface area contributed by atoms with Gasteiger partial charge in [0.2, 0.25) is 0 Å². The van der Waals surface area contributed by atoms with Gasteiger partial charge in [0.05, 0.1) is 0 Å². The molecule has 1 saturated carbocycles. The number of halogens is 1. The van der Waals surface area contributed by atoms with Crippen molar-refractivity contribution >= 4 is 0 Å². The number of hydrogen-bond donors (Lipinski definition) is 1. The molecule has 2 heteroatoms. The van der Waals surface area contributed by atoms with Crippen molar-refractivity contribution in [1.29, 1.82) is 0 Å². The van der Waals surface area contributed by atoms with Crippen LogP contribution in [0.2, 0.25) is 0 Å². The van der Waals surface area contributed by atoms with Gasteiger partial charge < -0.3 is 5.73 Å². The third-order valence-corrected chi connectivity index (χ3v) is 4.24. The fraction of sp³-hybridized carbons (Fsp3) is 0.333. The van der Waals surface area contributed by atoms with Crippen molar-refractivity contribution < 1.29 is 4.39 Å². The van der Waals surface area contributed by atoms with Gasteiger partial charge in [0, 0.05) is 12.5 Å². The van der Waals surface area contributed by atoms with Crippen LogP contribution in [0.3, 0.4) is 0 Å². The summed E-state index contributed by atoms with van der Waals surface area (Å²) in [6.07, 6.45) is 2.84. The summed E-state index contributed by atoms with van der Waals surface area (Å²) < 4.78 is 15.0. The van der Waals surface area contributed by atoms with Crippen molar-refractivity contribution in [3.05, 3.63) is 60.2 Å². The second kappa shape index (κ2) is 5.37. The summed E-state index contributed by atoms with van der Waals surface area (Å²) in [5.74, 6) is 0. The molecule has 2 atom stereocenters. The van der Waals surface area contributed by atoms with E-state index in [4.69, 9.17) is 5.73 Å². The van der Waals surface area contributed by atoms with Gasteiger partial charge in [-0.05, 0) is 36.0 Å². The lowest BCUT2D eigenvalue weighted by atomic mass is 9.79. The minimum Gasteiger partial charge on any atom is -0.328 e. The Morgan fingerprint density at radius 2 is 1.60 bits per heavy atom. The molecule has 0 bridgehead atoms. The van der Waals surface area contributed by atoms with Crippen LogP contribution in [0.25, 0.3) is 11.1 Å². The number of benzene rings is 2. The van der Waals surface area contributed by atoms with Crippen molar-refractivity contribution in [2.45, 2.75) is 37.4 Å². The standard InChI is InChI=1S/C18H20FN/c19-18(12-4-7-17(20)13-18)16-10-8-15(9-11-16)14-5-2-1-3-6-14/h1-3,5-6,8-11,17H,4,7,12-13,20H2. The van der Waals surface area contributed by atoms with E-state index in [1.54, 1.807) is 0 Å². The van der Waals surface area contributed by atoms with Crippen LogP contribution in [0.15, 0.2) is 54.6 Å². The number of rotatable bonds is 2. The molecule has 1 aliphatic rings. The quantitative estimate of drug-likeness (QED) is 0.858. The predicted octanol–water partition coefficient (Wildman–Crippen LogP) is 4.42. The van der Waals surface area contributed by atoms with Crippen molar-refractivity contribution in [2.24, 2.45) is 5.73 Å². The maximum absolute atomic E-state index is 15.0. The molecule has 0 spiro atoms. The lowest BCUT2D eigenvalue weighted by Gasteiger charge is -2.33. The first-order chi connectivity index (χ1) is 9.67. The molecular formula is C18H20FN. The molecule has 104 valence electrons. The second-order valence-electron chi connectivity index (χ2n) is 5.77. The molecule has 2 aromatic rings. The minimum absolute atomic E-state index is 0.0115. The summed E-state index contributed by atoms with van der Waals surface area (Å²) in [4.78, 5) is 0. The highest BCUT2D eigenvalue weighted by Crippen LogP contribution is 2.40. The van der Waals surface area contributed by atoms with E-state index in [-0.39, 0.29) is 6.04 Å². The Labute approximate surface area is 119 Å². The van der Waals surface area contributed by atoms with Crippen molar-refractivity contribution in [2.75, 3.05) is 0 Å². The van der Waals surface area contributed by atoms with Gasteiger partial charge in [-0.3, -0.25) is 0 Å². The Morgan fingerprint density at radius 3 is 2.25 bits per heavy atom. The van der Waals surface area contributed by atoms with Crippen LogP contribution in [-0.4, -0.2) is 6.04 Å². The molecule has 20 heavy (non-hydrogen) atoms. The zero-order valence-electron chi connectivity index (χ0n) is 11.6. The topological polar surface area (TPSA) is 26.0 Å². The second-order valence-corrected chi connectivity index (χ2v) is 5.77. The van der Waals surface area contributed by atoms with E-state index < -0.39 is 5.67 Å². The van der Waals surface area contributed by atoms with Gasteiger partial charge in [-0.25, -0.2) is 4.39 Å². The average Bonchev–Trinajstić information content (AvgIpc) is 2.48. The Balaban J connectivity index is 1.86. The minimum atomic E-state index is -1.24. The highest BCUT2D eigenvalue weighted by Gasteiger charge is 2.36. The van der Waals surface area contributed by atoms with Gasteiger partial charge in [0.25, 0.3) is 0 Å². The Morgan fingerprint density at radius 1 is 0.950 bits per heavy atom. The number of hydrogen-bond acceptors (Lipinski definition) is 1. The van der Waals surface area contributed by atoms with Crippen LogP contribution >= 0.6 is 0 Å². The van der Waals surface area contributed by atoms with Gasteiger partial charge in [-0.2, -0.15) is 0 Å². The molecule has 2 unspecified atom stereocenters. The molecule has 1 nitrogen and oxygen atoms in total. The molecule has 2 aromatic carbocycles. The molecular weight excluding hydrogens is 249 g/mol. The van der Waals surface area contributed by atoms with Crippen molar-refractivity contribution in [3.63, 3.8) is 0 Å². The normalized spacial score (nSPS) is 26.4. The zero-order chi connectivity index (χ0) is 14.0. The van der Waals surface area contributed by atoms with Crippen molar-refractivity contribution in [3.8, 4) is 11.1 Å². The molecule has 0 amide bonds. The van der Waals surface area contributed by atoms with E-state index in [1.165, 1.54) is 0 Å². The Hall–Kier alpha value is -1.67. The molecule has 2 N–H and O–H groups in total. The van der Waals surface area contributed by atoms with Gasteiger partial charge in [-0.1, -0.05) is 54.6 Å². The van der Waals surface area contributed by atoms with Gasteiger partial charge >= 0.3 is 0 Å². The zero-order valence-corrected chi connectivity index (χ0v) is 11.6. The molecule has 1 fully saturated rings. The molecule has 0 aliphatic heterocycles. The van der Waals surface area contributed by atoms with Crippen LogP contribution in [0.4, 0.5) is 4.39 Å². The van der Waals surface area contributed by atoms with E-state index in [9.17, 15) is 0 Å². The third-order valence-electron chi connectivity index (χ3n) is 4.24. The number of nitrogens with two attached hydrogens (primary N) is 1. The highest BCUT2D eigenvalue weighted by molar-refractivity contribution is 5.63. The first kappa shape index (κ1) is 13.3. The Kier molecular flexibility index (Phi) is 3.58. The van der Waals surface area contributed by atoms with Gasteiger partial charge in [0.1, 0.15) is 5.67 Å². The van der Waals surface area contributed by atoms with Gasteiger partial charge in [0.15, 0.2) is 0 Å². The van der Waals surface area contributed by atoms with Crippen molar-refractivity contribution in [1.82, 2.24) is 0 Å². The molecule has 0 aromatic heterocycles. The monoisotopic (exact) mass is 269 g/mol. The van der Waals surface area contributed by atoms with Crippen LogP contribution < -0.4 is 5.73 Å². The highest BCUT2D eigenvalue weighted by atomic mass is 19.1. The third kappa shape index (κ3) is 2.61. The van der Waals surface area contributed by atoms with Crippen LogP contribution in [0, 0.1) is 0 Å². The molecule has 0 radical (unpaired) electrons. The summed E-state index contributed by atoms with van der Waals surface area (Å²) in [5.41, 5.74) is 7.74. The first-order valence-electron chi connectivity index (χ1n) is 7.28. The Bertz CT molecular complexity index is 564. The first-order valence-corrected chi connectivity index (χ1v) is 7.28. The fourth-order valence-corrected chi connectivity index (χ4v) is 3.12. The lowest BCUT2D eigenvalue weighted by Crippen LogP contribution is -2.36. The van der Waals surface area contributed by atoms with E-state index in [1.807, 2.05) is 42.5 Å². The smallest absolute Gasteiger partial charge is 0.137 e.